The van der Waals surface area contributed by atoms with Crippen LogP contribution in [-0.4, -0.2) is 53.6 Å². The Morgan fingerprint density at radius 1 is 1.12 bits per heavy atom. The Balaban J connectivity index is 1.38. The predicted molar refractivity (Wildman–Crippen MR) is 94.2 cm³/mol. The highest BCUT2D eigenvalue weighted by Crippen LogP contribution is 2.20. The SMILES string of the molecule is Cn1c(=O)n(CC2CCN(CCn3nccn3)CC2)c2ncccc21. The molecule has 0 spiro atoms. The molecule has 0 aromatic carbocycles. The van der Waals surface area contributed by atoms with Crippen LogP contribution in [0, 0.1) is 5.92 Å². The lowest BCUT2D eigenvalue weighted by atomic mass is 9.97. The molecular weight excluding hydrogens is 318 g/mol. The van der Waals surface area contributed by atoms with E-state index in [1.165, 1.54) is 0 Å². The normalized spacial score (nSPS) is 16.7. The maximum Gasteiger partial charge on any atom is 0.330 e. The third kappa shape index (κ3) is 3.21. The van der Waals surface area contributed by atoms with E-state index in [2.05, 4.69) is 20.1 Å². The number of piperidine rings is 1. The molecule has 0 aliphatic carbocycles. The van der Waals surface area contributed by atoms with Gasteiger partial charge < -0.3 is 4.90 Å². The van der Waals surface area contributed by atoms with Crippen molar-refractivity contribution >= 4 is 11.2 Å². The second-order valence-corrected chi connectivity index (χ2v) is 6.71. The first-order valence-corrected chi connectivity index (χ1v) is 8.79. The Morgan fingerprint density at radius 3 is 2.64 bits per heavy atom. The Kier molecular flexibility index (Phi) is 4.35. The number of aryl methyl sites for hydroxylation is 1. The standard InChI is InChI=1S/C17H23N7O/c1-21-15-3-2-6-18-16(15)23(17(21)25)13-14-4-9-22(10-5-14)11-12-24-19-7-8-20-24/h2-3,6-8,14H,4-5,9-13H2,1H3. The summed E-state index contributed by atoms with van der Waals surface area (Å²) in [6, 6.07) is 3.82. The molecule has 1 fully saturated rings. The van der Waals surface area contributed by atoms with Crippen molar-refractivity contribution in [3.05, 3.63) is 41.2 Å². The summed E-state index contributed by atoms with van der Waals surface area (Å²) in [6.07, 6.45) is 7.37. The third-order valence-corrected chi connectivity index (χ3v) is 5.13. The number of imidazole rings is 1. The van der Waals surface area contributed by atoms with Crippen LogP contribution in [0.4, 0.5) is 0 Å². The Morgan fingerprint density at radius 2 is 1.88 bits per heavy atom. The van der Waals surface area contributed by atoms with Gasteiger partial charge in [-0.25, -0.2) is 9.78 Å². The fourth-order valence-corrected chi connectivity index (χ4v) is 3.64. The highest BCUT2D eigenvalue weighted by molar-refractivity contribution is 5.71. The number of likely N-dealkylation sites (tertiary alicyclic amines) is 1. The molecule has 0 amide bonds. The average Bonchev–Trinajstić information content (AvgIpc) is 3.25. The lowest BCUT2D eigenvalue weighted by Crippen LogP contribution is -2.38. The van der Waals surface area contributed by atoms with Crippen LogP contribution in [0.25, 0.3) is 11.2 Å². The molecular formula is C17H23N7O. The van der Waals surface area contributed by atoms with Crippen LogP contribution in [0.15, 0.2) is 35.5 Å². The van der Waals surface area contributed by atoms with Gasteiger partial charge in [0.1, 0.15) is 0 Å². The summed E-state index contributed by atoms with van der Waals surface area (Å²) in [5.41, 5.74) is 1.72. The van der Waals surface area contributed by atoms with Crippen LogP contribution < -0.4 is 5.69 Å². The molecule has 132 valence electrons. The molecule has 8 nitrogen and oxygen atoms in total. The lowest BCUT2D eigenvalue weighted by Gasteiger charge is -2.31. The van der Waals surface area contributed by atoms with Crippen LogP contribution in [-0.2, 0) is 20.1 Å². The van der Waals surface area contributed by atoms with Gasteiger partial charge in [-0.05, 0) is 44.0 Å². The molecule has 1 aliphatic heterocycles. The van der Waals surface area contributed by atoms with Crippen molar-refractivity contribution in [3.8, 4) is 0 Å². The van der Waals surface area contributed by atoms with E-state index in [1.807, 2.05) is 23.7 Å². The number of pyridine rings is 1. The molecule has 3 aromatic rings. The first-order valence-electron chi connectivity index (χ1n) is 8.79. The van der Waals surface area contributed by atoms with Gasteiger partial charge in [0.15, 0.2) is 5.65 Å². The average molecular weight is 341 g/mol. The fourth-order valence-electron chi connectivity index (χ4n) is 3.64. The molecule has 3 aromatic heterocycles. The van der Waals surface area contributed by atoms with Gasteiger partial charge in [-0.15, -0.1) is 0 Å². The van der Waals surface area contributed by atoms with E-state index in [0.29, 0.717) is 5.92 Å². The van der Waals surface area contributed by atoms with Crippen molar-refractivity contribution in [1.29, 1.82) is 0 Å². The first kappa shape index (κ1) is 16.0. The minimum Gasteiger partial charge on any atom is -0.301 e. The molecule has 1 saturated heterocycles. The summed E-state index contributed by atoms with van der Waals surface area (Å²) in [7, 11) is 1.81. The van der Waals surface area contributed by atoms with Crippen LogP contribution in [0.5, 0.6) is 0 Å². The van der Waals surface area contributed by atoms with Crippen molar-refractivity contribution < 1.29 is 0 Å². The molecule has 0 atom stereocenters. The quantitative estimate of drug-likeness (QED) is 0.684. The van der Waals surface area contributed by atoms with Crippen molar-refractivity contribution in [2.24, 2.45) is 13.0 Å². The number of aromatic nitrogens is 6. The van der Waals surface area contributed by atoms with E-state index in [1.54, 1.807) is 28.0 Å². The van der Waals surface area contributed by atoms with Gasteiger partial charge >= 0.3 is 5.69 Å². The molecule has 4 heterocycles. The largest absolute Gasteiger partial charge is 0.330 e. The molecule has 1 aliphatic rings. The molecule has 25 heavy (non-hydrogen) atoms. The minimum absolute atomic E-state index is 0.0286. The maximum atomic E-state index is 12.5. The van der Waals surface area contributed by atoms with Gasteiger partial charge in [-0.3, -0.25) is 9.13 Å². The van der Waals surface area contributed by atoms with E-state index in [9.17, 15) is 4.79 Å². The van der Waals surface area contributed by atoms with Crippen LogP contribution in [0.2, 0.25) is 0 Å². The second kappa shape index (κ2) is 6.79. The van der Waals surface area contributed by atoms with Gasteiger partial charge in [0.25, 0.3) is 0 Å². The lowest BCUT2D eigenvalue weighted by molar-refractivity contribution is 0.165. The van der Waals surface area contributed by atoms with Crippen LogP contribution >= 0.6 is 0 Å². The van der Waals surface area contributed by atoms with E-state index < -0.39 is 0 Å². The van der Waals surface area contributed by atoms with Crippen molar-refractivity contribution in [2.45, 2.75) is 25.9 Å². The van der Waals surface area contributed by atoms with Crippen molar-refractivity contribution in [3.63, 3.8) is 0 Å². The molecule has 0 saturated carbocycles. The maximum absolute atomic E-state index is 12.5. The molecule has 0 N–H and O–H groups in total. The zero-order valence-electron chi connectivity index (χ0n) is 14.5. The van der Waals surface area contributed by atoms with Gasteiger partial charge in [-0.1, -0.05) is 0 Å². The Labute approximate surface area is 145 Å². The van der Waals surface area contributed by atoms with E-state index in [-0.39, 0.29) is 5.69 Å². The Bertz CT molecular complexity index is 888. The molecule has 8 heteroatoms. The summed E-state index contributed by atoms with van der Waals surface area (Å²) >= 11 is 0. The zero-order chi connectivity index (χ0) is 17.2. The summed E-state index contributed by atoms with van der Waals surface area (Å²) in [5.74, 6) is 0.518. The molecule has 0 unspecified atom stereocenters. The summed E-state index contributed by atoms with van der Waals surface area (Å²) < 4.78 is 3.53. The topological polar surface area (TPSA) is 73.8 Å². The van der Waals surface area contributed by atoms with E-state index >= 15 is 0 Å². The van der Waals surface area contributed by atoms with Gasteiger partial charge in [0, 0.05) is 26.3 Å². The first-order chi connectivity index (χ1) is 12.2. The van der Waals surface area contributed by atoms with Crippen LogP contribution in [0.3, 0.4) is 0 Å². The van der Waals surface area contributed by atoms with Crippen LogP contribution in [0.1, 0.15) is 12.8 Å². The number of hydrogen-bond acceptors (Lipinski definition) is 5. The monoisotopic (exact) mass is 341 g/mol. The highest BCUT2D eigenvalue weighted by Gasteiger charge is 2.22. The Hall–Kier alpha value is -2.48. The zero-order valence-corrected chi connectivity index (χ0v) is 14.5. The van der Waals surface area contributed by atoms with E-state index in [0.717, 1.165) is 56.7 Å². The van der Waals surface area contributed by atoms with Gasteiger partial charge in [0.05, 0.1) is 24.5 Å². The fraction of sp³-hybridized carbons (Fsp3) is 0.529. The van der Waals surface area contributed by atoms with Gasteiger partial charge in [0.2, 0.25) is 0 Å². The predicted octanol–water partition coefficient (Wildman–Crippen LogP) is 0.739. The number of rotatable bonds is 5. The van der Waals surface area contributed by atoms with E-state index in [4.69, 9.17) is 0 Å². The highest BCUT2D eigenvalue weighted by atomic mass is 16.1. The second-order valence-electron chi connectivity index (χ2n) is 6.71. The molecule has 4 rings (SSSR count). The third-order valence-electron chi connectivity index (χ3n) is 5.13. The van der Waals surface area contributed by atoms with Crippen molar-refractivity contribution in [1.82, 2.24) is 34.0 Å². The summed E-state index contributed by atoms with van der Waals surface area (Å²) in [5, 5.41) is 8.29. The molecule has 0 bridgehead atoms. The smallest absolute Gasteiger partial charge is 0.301 e. The molecule has 0 radical (unpaired) electrons. The summed E-state index contributed by atoms with van der Waals surface area (Å²) in [6.45, 7) is 4.65. The number of nitrogens with zero attached hydrogens (tertiary/aromatic N) is 7. The summed E-state index contributed by atoms with van der Waals surface area (Å²) in [4.78, 5) is 21.1. The van der Waals surface area contributed by atoms with Gasteiger partial charge in [-0.2, -0.15) is 15.0 Å². The van der Waals surface area contributed by atoms with Crippen molar-refractivity contribution in [2.75, 3.05) is 19.6 Å². The minimum atomic E-state index is 0.0286. The number of fused-ring (bicyclic) bond motifs is 1. The number of hydrogen-bond donors (Lipinski definition) is 0.